The van der Waals surface area contributed by atoms with Crippen LogP contribution in [0, 0.1) is 5.92 Å². The smallest absolute Gasteiger partial charge is 0.223 e. The van der Waals surface area contributed by atoms with Crippen molar-refractivity contribution in [2.24, 2.45) is 5.92 Å². The molecule has 0 aromatic carbocycles. The van der Waals surface area contributed by atoms with Crippen molar-refractivity contribution < 1.29 is 9.53 Å². The second kappa shape index (κ2) is 8.30. The SMILES string of the molecule is O=C(NC1CCCN(C2CCCCCC2)C1)C1CCOCC1. The molecule has 2 saturated heterocycles. The zero-order valence-electron chi connectivity index (χ0n) is 13.9. The Balaban J connectivity index is 1.48. The lowest BCUT2D eigenvalue weighted by Gasteiger charge is -2.39. The van der Waals surface area contributed by atoms with E-state index in [1.807, 2.05) is 0 Å². The van der Waals surface area contributed by atoms with Crippen molar-refractivity contribution >= 4 is 5.91 Å². The van der Waals surface area contributed by atoms with Gasteiger partial charge in [-0.1, -0.05) is 25.7 Å². The van der Waals surface area contributed by atoms with Crippen LogP contribution in [-0.4, -0.2) is 49.2 Å². The molecule has 0 spiro atoms. The predicted octanol–water partition coefficient (Wildman–Crippen LogP) is 2.72. The van der Waals surface area contributed by atoms with Crippen LogP contribution in [0.3, 0.4) is 0 Å². The largest absolute Gasteiger partial charge is 0.381 e. The highest BCUT2D eigenvalue weighted by molar-refractivity contribution is 5.79. The maximum atomic E-state index is 12.4. The van der Waals surface area contributed by atoms with E-state index in [1.165, 1.54) is 51.5 Å². The minimum atomic E-state index is 0.182. The summed E-state index contributed by atoms with van der Waals surface area (Å²) in [5.41, 5.74) is 0. The van der Waals surface area contributed by atoms with Crippen molar-refractivity contribution in [2.45, 2.75) is 76.3 Å². The van der Waals surface area contributed by atoms with Crippen LogP contribution in [0.5, 0.6) is 0 Å². The van der Waals surface area contributed by atoms with E-state index in [2.05, 4.69) is 10.2 Å². The molecule has 3 rings (SSSR count). The average Bonchev–Trinajstić information content (AvgIpc) is 2.85. The molecule has 1 amide bonds. The fourth-order valence-electron chi connectivity index (χ4n) is 4.36. The molecule has 0 aromatic heterocycles. The lowest BCUT2D eigenvalue weighted by molar-refractivity contribution is -0.129. The first-order chi connectivity index (χ1) is 10.8. The molecule has 126 valence electrons. The van der Waals surface area contributed by atoms with Gasteiger partial charge in [0.05, 0.1) is 0 Å². The van der Waals surface area contributed by atoms with Gasteiger partial charge in [0.15, 0.2) is 0 Å². The Hall–Kier alpha value is -0.610. The Morgan fingerprint density at radius 1 is 0.909 bits per heavy atom. The fourth-order valence-corrected chi connectivity index (χ4v) is 4.36. The number of ether oxygens (including phenoxy) is 1. The molecule has 1 saturated carbocycles. The van der Waals surface area contributed by atoms with Crippen molar-refractivity contribution in [1.29, 1.82) is 0 Å². The van der Waals surface area contributed by atoms with Crippen LogP contribution in [0.15, 0.2) is 0 Å². The molecule has 1 N–H and O–H groups in total. The zero-order valence-corrected chi connectivity index (χ0v) is 13.9. The number of likely N-dealkylation sites (tertiary alicyclic amines) is 1. The predicted molar refractivity (Wildman–Crippen MR) is 87.8 cm³/mol. The first-order valence-corrected chi connectivity index (χ1v) is 9.45. The first kappa shape index (κ1) is 16.3. The van der Waals surface area contributed by atoms with E-state index < -0.39 is 0 Å². The fraction of sp³-hybridized carbons (Fsp3) is 0.944. The van der Waals surface area contributed by atoms with Crippen LogP contribution < -0.4 is 5.32 Å². The summed E-state index contributed by atoms with van der Waals surface area (Å²) < 4.78 is 5.36. The molecule has 1 unspecified atom stereocenters. The van der Waals surface area contributed by atoms with E-state index in [9.17, 15) is 4.79 Å². The second-order valence-corrected chi connectivity index (χ2v) is 7.37. The van der Waals surface area contributed by atoms with E-state index >= 15 is 0 Å². The van der Waals surface area contributed by atoms with Gasteiger partial charge in [-0.05, 0) is 45.1 Å². The van der Waals surface area contributed by atoms with Crippen molar-refractivity contribution in [3.63, 3.8) is 0 Å². The molecular formula is C18H32N2O2. The lowest BCUT2D eigenvalue weighted by atomic mass is 9.96. The third-order valence-electron chi connectivity index (χ3n) is 5.73. The van der Waals surface area contributed by atoms with Gasteiger partial charge in [-0.3, -0.25) is 9.69 Å². The van der Waals surface area contributed by atoms with Crippen molar-refractivity contribution in [3.8, 4) is 0 Å². The number of carbonyl (C=O) groups is 1. The van der Waals surface area contributed by atoms with Gasteiger partial charge in [-0.25, -0.2) is 0 Å². The van der Waals surface area contributed by atoms with E-state index in [-0.39, 0.29) is 11.8 Å². The number of hydrogen-bond acceptors (Lipinski definition) is 3. The van der Waals surface area contributed by atoms with Gasteiger partial charge in [0, 0.05) is 37.8 Å². The minimum Gasteiger partial charge on any atom is -0.381 e. The highest BCUT2D eigenvalue weighted by atomic mass is 16.5. The van der Waals surface area contributed by atoms with Gasteiger partial charge in [0.25, 0.3) is 0 Å². The van der Waals surface area contributed by atoms with Crippen LogP contribution in [0.25, 0.3) is 0 Å². The van der Waals surface area contributed by atoms with Crippen LogP contribution in [0.2, 0.25) is 0 Å². The molecule has 1 aliphatic carbocycles. The van der Waals surface area contributed by atoms with Crippen LogP contribution in [-0.2, 0) is 9.53 Å². The second-order valence-electron chi connectivity index (χ2n) is 7.37. The van der Waals surface area contributed by atoms with Gasteiger partial charge < -0.3 is 10.1 Å². The quantitative estimate of drug-likeness (QED) is 0.815. The molecule has 4 heteroatoms. The third kappa shape index (κ3) is 4.45. The molecule has 0 radical (unpaired) electrons. The van der Waals surface area contributed by atoms with Gasteiger partial charge in [-0.2, -0.15) is 0 Å². The van der Waals surface area contributed by atoms with Crippen molar-refractivity contribution in [3.05, 3.63) is 0 Å². The number of nitrogens with one attached hydrogen (secondary N) is 1. The Bertz CT molecular complexity index is 347. The summed E-state index contributed by atoms with van der Waals surface area (Å²) in [6.45, 7) is 3.79. The van der Waals surface area contributed by atoms with E-state index in [0.717, 1.165) is 45.1 Å². The highest BCUT2D eigenvalue weighted by Gasteiger charge is 2.29. The van der Waals surface area contributed by atoms with Crippen LogP contribution >= 0.6 is 0 Å². The molecule has 4 nitrogen and oxygen atoms in total. The van der Waals surface area contributed by atoms with E-state index in [1.54, 1.807) is 0 Å². The summed E-state index contributed by atoms with van der Waals surface area (Å²) in [7, 11) is 0. The van der Waals surface area contributed by atoms with E-state index in [4.69, 9.17) is 4.74 Å². The number of hydrogen-bond donors (Lipinski definition) is 1. The molecule has 22 heavy (non-hydrogen) atoms. The Kier molecular flexibility index (Phi) is 6.13. The third-order valence-corrected chi connectivity index (χ3v) is 5.73. The Morgan fingerprint density at radius 2 is 1.64 bits per heavy atom. The number of rotatable bonds is 3. The standard InChI is InChI=1S/C18H32N2O2/c21-18(15-9-12-22-13-10-15)19-16-6-5-11-20(14-16)17-7-3-1-2-4-8-17/h15-17H,1-14H2,(H,19,21). The van der Waals surface area contributed by atoms with Crippen LogP contribution in [0.4, 0.5) is 0 Å². The summed E-state index contributed by atoms with van der Waals surface area (Å²) in [5.74, 6) is 0.457. The summed E-state index contributed by atoms with van der Waals surface area (Å²) in [6.07, 6.45) is 12.5. The summed E-state index contributed by atoms with van der Waals surface area (Å²) >= 11 is 0. The Labute approximate surface area is 135 Å². The van der Waals surface area contributed by atoms with Crippen LogP contribution in [0.1, 0.15) is 64.2 Å². The summed E-state index contributed by atoms with van der Waals surface area (Å²) in [5, 5.41) is 3.34. The number of carbonyl (C=O) groups excluding carboxylic acids is 1. The summed E-state index contributed by atoms with van der Waals surface area (Å²) in [6, 6.07) is 1.14. The summed E-state index contributed by atoms with van der Waals surface area (Å²) in [4.78, 5) is 15.1. The molecule has 0 aromatic rings. The molecule has 3 aliphatic rings. The normalized spacial score (nSPS) is 29.9. The van der Waals surface area contributed by atoms with Gasteiger partial charge in [0.2, 0.25) is 5.91 Å². The van der Waals surface area contributed by atoms with E-state index in [0.29, 0.717) is 6.04 Å². The zero-order chi connectivity index (χ0) is 15.2. The molecule has 1 atom stereocenters. The molecule has 2 aliphatic heterocycles. The number of nitrogens with zero attached hydrogens (tertiary/aromatic N) is 1. The van der Waals surface area contributed by atoms with Crippen molar-refractivity contribution in [2.75, 3.05) is 26.3 Å². The number of piperidine rings is 1. The van der Waals surface area contributed by atoms with Gasteiger partial charge in [-0.15, -0.1) is 0 Å². The monoisotopic (exact) mass is 308 g/mol. The lowest BCUT2D eigenvalue weighted by Crippen LogP contribution is -2.52. The maximum absolute atomic E-state index is 12.4. The first-order valence-electron chi connectivity index (χ1n) is 9.45. The highest BCUT2D eigenvalue weighted by Crippen LogP contribution is 2.25. The molecular weight excluding hydrogens is 276 g/mol. The average molecular weight is 308 g/mol. The Morgan fingerprint density at radius 3 is 2.36 bits per heavy atom. The molecule has 2 heterocycles. The molecule has 0 bridgehead atoms. The molecule has 3 fully saturated rings. The minimum absolute atomic E-state index is 0.182. The number of amides is 1. The van der Waals surface area contributed by atoms with Gasteiger partial charge in [0.1, 0.15) is 0 Å². The topological polar surface area (TPSA) is 41.6 Å². The van der Waals surface area contributed by atoms with Crippen molar-refractivity contribution in [1.82, 2.24) is 10.2 Å². The maximum Gasteiger partial charge on any atom is 0.223 e. The van der Waals surface area contributed by atoms with Gasteiger partial charge >= 0.3 is 0 Å².